The van der Waals surface area contributed by atoms with Crippen molar-refractivity contribution in [3.63, 3.8) is 0 Å². The maximum absolute atomic E-state index is 11.9. The summed E-state index contributed by atoms with van der Waals surface area (Å²) in [5, 5.41) is 4.35. The van der Waals surface area contributed by atoms with Gasteiger partial charge in [0.25, 0.3) is 0 Å². The van der Waals surface area contributed by atoms with Gasteiger partial charge in [-0.2, -0.15) is 0 Å². The Bertz CT molecular complexity index is 738. The SMILES string of the molecule is CCOC(=O)C1CCN(C(=NC)NCC2CCN(c3cc(Cl)ccc3C)C2)CC1.I. The zero-order chi connectivity index (χ0) is 20.8. The molecule has 2 fully saturated rings. The molecule has 0 amide bonds. The molecule has 0 aliphatic carbocycles. The molecule has 8 heteroatoms. The zero-order valence-electron chi connectivity index (χ0n) is 18.2. The molecule has 1 N–H and O–H groups in total. The first-order chi connectivity index (χ1) is 14.0. The van der Waals surface area contributed by atoms with E-state index < -0.39 is 0 Å². The minimum atomic E-state index is -0.0579. The van der Waals surface area contributed by atoms with Crippen LogP contribution in [0, 0.1) is 18.8 Å². The van der Waals surface area contributed by atoms with Crippen molar-refractivity contribution >= 4 is 53.2 Å². The molecule has 1 aromatic carbocycles. The van der Waals surface area contributed by atoms with Crippen molar-refractivity contribution in [2.75, 3.05) is 51.3 Å². The number of guanidine groups is 1. The number of benzene rings is 1. The molecular weight excluding hydrogens is 515 g/mol. The lowest BCUT2D eigenvalue weighted by Gasteiger charge is -2.33. The Morgan fingerprint density at radius 1 is 1.27 bits per heavy atom. The van der Waals surface area contributed by atoms with Crippen LogP contribution in [-0.4, -0.2) is 63.2 Å². The first kappa shape index (κ1) is 25.0. The number of piperidine rings is 1. The fourth-order valence-electron chi connectivity index (χ4n) is 4.30. The summed E-state index contributed by atoms with van der Waals surface area (Å²) in [4.78, 5) is 21.1. The van der Waals surface area contributed by atoms with E-state index in [0.29, 0.717) is 12.5 Å². The van der Waals surface area contributed by atoms with Crippen LogP contribution in [0.4, 0.5) is 5.69 Å². The number of carbonyl (C=O) groups is 1. The average molecular weight is 549 g/mol. The van der Waals surface area contributed by atoms with Crippen LogP contribution in [0.25, 0.3) is 0 Å². The van der Waals surface area contributed by atoms with Crippen molar-refractivity contribution in [3.8, 4) is 0 Å². The predicted octanol–water partition coefficient (Wildman–Crippen LogP) is 3.94. The molecule has 3 rings (SSSR count). The van der Waals surface area contributed by atoms with Crippen molar-refractivity contribution in [2.45, 2.75) is 33.1 Å². The maximum atomic E-state index is 11.9. The minimum absolute atomic E-state index is 0. The molecule has 0 saturated carbocycles. The van der Waals surface area contributed by atoms with E-state index >= 15 is 0 Å². The average Bonchev–Trinajstić information content (AvgIpc) is 3.19. The highest BCUT2D eigenvalue weighted by molar-refractivity contribution is 14.0. The molecule has 2 saturated heterocycles. The van der Waals surface area contributed by atoms with Gasteiger partial charge in [0, 0.05) is 50.5 Å². The summed E-state index contributed by atoms with van der Waals surface area (Å²) in [5.74, 6) is 1.47. The number of halogens is 2. The Morgan fingerprint density at radius 2 is 2.00 bits per heavy atom. The van der Waals surface area contributed by atoms with Gasteiger partial charge in [0.1, 0.15) is 0 Å². The van der Waals surface area contributed by atoms with Gasteiger partial charge in [-0.25, -0.2) is 0 Å². The largest absolute Gasteiger partial charge is 0.466 e. The quantitative estimate of drug-likeness (QED) is 0.261. The van der Waals surface area contributed by atoms with Crippen LogP contribution in [0.3, 0.4) is 0 Å². The van der Waals surface area contributed by atoms with Gasteiger partial charge in [-0.05, 0) is 56.7 Å². The highest BCUT2D eigenvalue weighted by atomic mass is 127. The van der Waals surface area contributed by atoms with Crippen LogP contribution in [-0.2, 0) is 9.53 Å². The molecule has 30 heavy (non-hydrogen) atoms. The fraction of sp³-hybridized carbons (Fsp3) is 0.636. The van der Waals surface area contributed by atoms with Gasteiger partial charge < -0.3 is 19.9 Å². The van der Waals surface area contributed by atoms with Crippen LogP contribution in [0.1, 0.15) is 31.7 Å². The Morgan fingerprint density at radius 3 is 2.67 bits per heavy atom. The second kappa shape index (κ2) is 12.0. The number of hydrogen-bond donors (Lipinski definition) is 1. The van der Waals surface area contributed by atoms with E-state index in [1.54, 1.807) is 0 Å². The fourth-order valence-corrected chi connectivity index (χ4v) is 4.46. The zero-order valence-corrected chi connectivity index (χ0v) is 21.3. The highest BCUT2D eigenvalue weighted by Gasteiger charge is 2.28. The van der Waals surface area contributed by atoms with Crippen molar-refractivity contribution in [1.82, 2.24) is 10.2 Å². The lowest BCUT2D eigenvalue weighted by atomic mass is 9.97. The van der Waals surface area contributed by atoms with E-state index in [1.807, 2.05) is 20.0 Å². The van der Waals surface area contributed by atoms with Crippen LogP contribution in [0.5, 0.6) is 0 Å². The van der Waals surface area contributed by atoms with Gasteiger partial charge in [0.05, 0.1) is 12.5 Å². The minimum Gasteiger partial charge on any atom is -0.466 e. The number of esters is 1. The third-order valence-corrected chi connectivity index (χ3v) is 6.21. The number of carbonyl (C=O) groups excluding carboxylic acids is 1. The van der Waals surface area contributed by atoms with E-state index in [2.05, 4.69) is 39.2 Å². The topological polar surface area (TPSA) is 57.2 Å². The Hall–Kier alpha value is -1.22. The molecule has 1 atom stereocenters. The van der Waals surface area contributed by atoms with E-state index in [4.69, 9.17) is 16.3 Å². The molecule has 2 aliphatic rings. The lowest BCUT2D eigenvalue weighted by molar-refractivity contribution is -0.149. The van der Waals surface area contributed by atoms with Crippen LogP contribution in [0.2, 0.25) is 5.02 Å². The van der Waals surface area contributed by atoms with E-state index in [9.17, 15) is 4.79 Å². The summed E-state index contributed by atoms with van der Waals surface area (Å²) in [7, 11) is 1.83. The molecule has 2 heterocycles. The van der Waals surface area contributed by atoms with Crippen LogP contribution in [0.15, 0.2) is 23.2 Å². The lowest BCUT2D eigenvalue weighted by Crippen LogP contribution is -2.47. The Labute approximate surface area is 202 Å². The van der Waals surface area contributed by atoms with Crippen molar-refractivity contribution in [1.29, 1.82) is 0 Å². The number of nitrogens with one attached hydrogen (secondary N) is 1. The van der Waals surface area contributed by atoms with Gasteiger partial charge >= 0.3 is 5.97 Å². The number of hydrogen-bond acceptors (Lipinski definition) is 4. The number of rotatable bonds is 5. The van der Waals surface area contributed by atoms with Crippen molar-refractivity contribution in [3.05, 3.63) is 28.8 Å². The number of anilines is 1. The monoisotopic (exact) mass is 548 g/mol. The predicted molar refractivity (Wildman–Crippen MR) is 134 cm³/mol. The smallest absolute Gasteiger partial charge is 0.309 e. The summed E-state index contributed by atoms with van der Waals surface area (Å²) in [6, 6.07) is 6.11. The van der Waals surface area contributed by atoms with Crippen molar-refractivity contribution in [2.24, 2.45) is 16.8 Å². The van der Waals surface area contributed by atoms with Gasteiger partial charge in [0.15, 0.2) is 5.96 Å². The summed E-state index contributed by atoms with van der Waals surface area (Å²) >= 11 is 6.20. The van der Waals surface area contributed by atoms with E-state index in [0.717, 1.165) is 63.0 Å². The Balaban J connectivity index is 0.00000320. The molecular formula is C22H34ClIN4O2. The number of aliphatic imine (C=N–C) groups is 1. The summed E-state index contributed by atoms with van der Waals surface area (Å²) in [5.41, 5.74) is 2.51. The highest BCUT2D eigenvalue weighted by Crippen LogP contribution is 2.29. The molecule has 1 unspecified atom stereocenters. The Kier molecular flexibility index (Phi) is 10.0. The normalized spacial score (nSPS) is 20.1. The summed E-state index contributed by atoms with van der Waals surface area (Å²) in [6.45, 7) is 9.10. The number of ether oxygens (including phenoxy) is 1. The molecule has 168 valence electrons. The molecule has 0 spiro atoms. The molecule has 0 bridgehead atoms. The van der Waals surface area contributed by atoms with Gasteiger partial charge in [0.2, 0.25) is 0 Å². The maximum Gasteiger partial charge on any atom is 0.309 e. The van der Waals surface area contributed by atoms with E-state index in [-0.39, 0.29) is 35.9 Å². The second-order valence-corrected chi connectivity index (χ2v) is 8.41. The second-order valence-electron chi connectivity index (χ2n) is 7.97. The molecule has 6 nitrogen and oxygen atoms in total. The number of aryl methyl sites for hydroxylation is 1. The van der Waals surface area contributed by atoms with Crippen LogP contribution >= 0.6 is 35.6 Å². The first-order valence-corrected chi connectivity index (χ1v) is 11.0. The number of likely N-dealkylation sites (tertiary alicyclic amines) is 1. The molecule has 0 radical (unpaired) electrons. The third kappa shape index (κ3) is 6.39. The van der Waals surface area contributed by atoms with Gasteiger partial charge in [-0.15, -0.1) is 24.0 Å². The van der Waals surface area contributed by atoms with E-state index in [1.165, 1.54) is 11.3 Å². The molecule has 0 aromatic heterocycles. The van der Waals surface area contributed by atoms with Gasteiger partial charge in [-0.1, -0.05) is 17.7 Å². The first-order valence-electron chi connectivity index (χ1n) is 10.6. The third-order valence-electron chi connectivity index (χ3n) is 5.97. The number of nitrogens with zero attached hydrogens (tertiary/aromatic N) is 3. The molecule has 2 aliphatic heterocycles. The standard InChI is InChI=1S/C22H33ClN4O2.HI/c1-4-29-21(28)18-8-11-26(12-9-18)22(24-3)25-14-17-7-10-27(15-17)20-13-19(23)6-5-16(20)2;/h5-6,13,17-18H,4,7-12,14-15H2,1-3H3,(H,24,25);1H. The summed E-state index contributed by atoms with van der Waals surface area (Å²) < 4.78 is 5.16. The van der Waals surface area contributed by atoms with Gasteiger partial charge in [-0.3, -0.25) is 9.79 Å². The van der Waals surface area contributed by atoms with Crippen LogP contribution < -0.4 is 10.2 Å². The van der Waals surface area contributed by atoms with Crippen molar-refractivity contribution < 1.29 is 9.53 Å². The summed E-state index contributed by atoms with van der Waals surface area (Å²) in [6.07, 6.45) is 2.80. The molecule has 1 aromatic rings.